The van der Waals surface area contributed by atoms with Crippen molar-refractivity contribution in [3.8, 4) is 0 Å². The van der Waals surface area contributed by atoms with Crippen molar-refractivity contribution in [1.82, 2.24) is 0 Å². The van der Waals surface area contributed by atoms with Gasteiger partial charge in [-0.05, 0) is 32.6 Å². The van der Waals surface area contributed by atoms with Gasteiger partial charge in [0.25, 0.3) is 0 Å². The zero-order chi connectivity index (χ0) is 13.0. The average Bonchev–Trinajstić information content (AvgIpc) is 2.18. The molecule has 0 aromatic carbocycles. The SMILES string of the molecule is C=CCC(CC=C)C(C)N.CCOS(=O)O. The molecule has 0 aliphatic rings. The Morgan fingerprint density at radius 2 is 1.88 bits per heavy atom. The van der Waals surface area contributed by atoms with Gasteiger partial charge < -0.3 is 5.73 Å². The van der Waals surface area contributed by atoms with Crippen LogP contribution in [-0.4, -0.2) is 21.4 Å². The minimum atomic E-state index is -2.07. The maximum atomic E-state index is 9.49. The summed E-state index contributed by atoms with van der Waals surface area (Å²) < 4.78 is 21.4. The molecule has 5 heteroatoms. The molecular formula is C11H23NO3S. The van der Waals surface area contributed by atoms with E-state index in [9.17, 15) is 4.21 Å². The highest BCUT2D eigenvalue weighted by atomic mass is 32.2. The molecule has 0 radical (unpaired) electrons. The largest absolute Gasteiger partial charge is 0.328 e. The molecule has 2 atom stereocenters. The summed E-state index contributed by atoms with van der Waals surface area (Å²) in [5, 5.41) is 0. The lowest BCUT2D eigenvalue weighted by molar-refractivity contribution is 0.325. The molecule has 3 N–H and O–H groups in total. The van der Waals surface area contributed by atoms with Crippen LogP contribution in [0.1, 0.15) is 26.7 Å². The van der Waals surface area contributed by atoms with E-state index < -0.39 is 11.4 Å². The minimum absolute atomic E-state index is 0.246. The second-order valence-electron chi connectivity index (χ2n) is 3.29. The highest BCUT2D eigenvalue weighted by Crippen LogP contribution is 2.12. The summed E-state index contributed by atoms with van der Waals surface area (Å²) in [5.74, 6) is 0.523. The fourth-order valence-electron chi connectivity index (χ4n) is 1.05. The molecule has 4 nitrogen and oxygen atoms in total. The summed E-state index contributed by atoms with van der Waals surface area (Å²) in [4.78, 5) is 0. The van der Waals surface area contributed by atoms with Gasteiger partial charge in [-0.15, -0.1) is 13.2 Å². The molecule has 0 aliphatic heterocycles. The van der Waals surface area contributed by atoms with Crippen LogP contribution in [0.2, 0.25) is 0 Å². The van der Waals surface area contributed by atoms with Crippen molar-refractivity contribution in [3.63, 3.8) is 0 Å². The molecular weight excluding hydrogens is 226 g/mol. The average molecular weight is 249 g/mol. The van der Waals surface area contributed by atoms with E-state index in [1.54, 1.807) is 6.92 Å². The van der Waals surface area contributed by atoms with Gasteiger partial charge >= 0.3 is 11.4 Å². The first-order chi connectivity index (χ1) is 7.49. The van der Waals surface area contributed by atoms with Crippen molar-refractivity contribution in [2.45, 2.75) is 32.7 Å². The Bertz CT molecular complexity index is 197. The Morgan fingerprint density at radius 1 is 1.44 bits per heavy atom. The summed E-state index contributed by atoms with van der Waals surface area (Å²) >= 11 is -2.07. The molecule has 0 saturated heterocycles. The molecule has 0 aromatic rings. The summed E-state index contributed by atoms with van der Waals surface area (Å²) in [6.07, 6.45) is 5.81. The second-order valence-corrected chi connectivity index (χ2v) is 3.96. The summed E-state index contributed by atoms with van der Waals surface area (Å²) in [6.45, 7) is 11.3. The van der Waals surface area contributed by atoms with Crippen molar-refractivity contribution >= 4 is 11.4 Å². The molecule has 96 valence electrons. The van der Waals surface area contributed by atoms with Crippen molar-refractivity contribution < 1.29 is 12.9 Å². The van der Waals surface area contributed by atoms with E-state index in [1.807, 2.05) is 19.1 Å². The fraction of sp³-hybridized carbons (Fsp3) is 0.636. The van der Waals surface area contributed by atoms with Crippen LogP contribution in [-0.2, 0) is 15.5 Å². The van der Waals surface area contributed by atoms with Gasteiger partial charge in [0.05, 0.1) is 6.61 Å². The standard InChI is InChI=1S/C9H17N.C2H6O3S/c1-4-6-9(7-5-2)8(3)10;1-2-5-6(3)4/h4-5,8-9H,1-2,6-7,10H2,3H3;2H2,1H3,(H,3,4). The Morgan fingerprint density at radius 3 is 2.00 bits per heavy atom. The first-order valence-corrected chi connectivity index (χ1v) is 6.24. The lowest BCUT2D eigenvalue weighted by Gasteiger charge is -2.16. The van der Waals surface area contributed by atoms with Crippen molar-refractivity contribution in [2.75, 3.05) is 6.61 Å². The lowest BCUT2D eigenvalue weighted by Crippen LogP contribution is -2.25. The minimum Gasteiger partial charge on any atom is -0.328 e. The molecule has 0 heterocycles. The number of hydrogen-bond donors (Lipinski definition) is 2. The van der Waals surface area contributed by atoms with Crippen LogP contribution in [0, 0.1) is 5.92 Å². The van der Waals surface area contributed by atoms with Gasteiger partial charge in [0.15, 0.2) is 0 Å². The molecule has 0 fully saturated rings. The smallest absolute Gasteiger partial charge is 0.301 e. The number of allylic oxidation sites excluding steroid dienone is 2. The lowest BCUT2D eigenvalue weighted by atomic mass is 9.95. The van der Waals surface area contributed by atoms with Gasteiger partial charge in [0.1, 0.15) is 0 Å². The fourth-order valence-corrected chi connectivity index (χ4v) is 1.26. The summed E-state index contributed by atoms with van der Waals surface area (Å²) in [5.41, 5.74) is 5.71. The Kier molecular flexibility index (Phi) is 14.1. The maximum Gasteiger partial charge on any atom is 0.301 e. The second kappa shape index (κ2) is 12.6. The molecule has 0 amide bonds. The molecule has 0 bridgehead atoms. The van der Waals surface area contributed by atoms with E-state index in [0.29, 0.717) is 5.92 Å². The molecule has 0 saturated carbocycles. The van der Waals surface area contributed by atoms with Crippen LogP contribution >= 0.6 is 0 Å². The maximum absolute atomic E-state index is 9.49. The van der Waals surface area contributed by atoms with Crippen LogP contribution < -0.4 is 5.73 Å². The Labute approximate surface area is 101 Å². The summed E-state index contributed by atoms with van der Waals surface area (Å²) in [7, 11) is 0. The highest BCUT2D eigenvalue weighted by Gasteiger charge is 2.08. The van der Waals surface area contributed by atoms with Gasteiger partial charge in [0.2, 0.25) is 0 Å². The molecule has 0 aliphatic carbocycles. The van der Waals surface area contributed by atoms with Crippen LogP contribution in [0.15, 0.2) is 25.3 Å². The molecule has 16 heavy (non-hydrogen) atoms. The van der Waals surface area contributed by atoms with Crippen LogP contribution in [0.3, 0.4) is 0 Å². The molecule has 0 aromatic heterocycles. The number of hydrogen-bond acceptors (Lipinski definition) is 3. The van der Waals surface area contributed by atoms with Gasteiger partial charge in [-0.3, -0.25) is 8.74 Å². The van der Waals surface area contributed by atoms with Crippen LogP contribution in [0.4, 0.5) is 0 Å². The van der Waals surface area contributed by atoms with Crippen molar-refractivity contribution in [2.24, 2.45) is 11.7 Å². The van der Waals surface area contributed by atoms with Crippen LogP contribution in [0.5, 0.6) is 0 Å². The highest BCUT2D eigenvalue weighted by molar-refractivity contribution is 7.74. The zero-order valence-corrected chi connectivity index (χ0v) is 10.9. The first-order valence-electron chi connectivity index (χ1n) is 5.21. The van der Waals surface area contributed by atoms with Crippen molar-refractivity contribution in [3.05, 3.63) is 25.3 Å². The Balaban J connectivity index is 0. The van der Waals surface area contributed by atoms with E-state index in [1.165, 1.54) is 0 Å². The first kappa shape index (κ1) is 17.9. The van der Waals surface area contributed by atoms with E-state index in [4.69, 9.17) is 10.3 Å². The Hall–Kier alpha value is -0.490. The third-order valence-corrected chi connectivity index (χ3v) is 2.34. The van der Waals surface area contributed by atoms with E-state index in [2.05, 4.69) is 17.3 Å². The predicted molar refractivity (Wildman–Crippen MR) is 69.2 cm³/mol. The summed E-state index contributed by atoms with van der Waals surface area (Å²) in [6, 6.07) is 0.246. The molecule has 0 rings (SSSR count). The van der Waals surface area contributed by atoms with E-state index in [0.717, 1.165) is 12.8 Å². The van der Waals surface area contributed by atoms with Gasteiger partial charge in [-0.25, -0.2) is 0 Å². The third-order valence-electron chi connectivity index (χ3n) is 1.90. The monoisotopic (exact) mass is 249 g/mol. The van der Waals surface area contributed by atoms with Crippen LogP contribution in [0.25, 0.3) is 0 Å². The number of rotatable bonds is 7. The molecule has 0 spiro atoms. The topological polar surface area (TPSA) is 72.5 Å². The van der Waals surface area contributed by atoms with Gasteiger partial charge in [-0.1, -0.05) is 12.2 Å². The normalized spacial score (nSPS) is 13.6. The zero-order valence-electron chi connectivity index (χ0n) is 10.1. The van der Waals surface area contributed by atoms with Gasteiger partial charge in [0, 0.05) is 6.04 Å². The van der Waals surface area contributed by atoms with Crippen molar-refractivity contribution in [1.29, 1.82) is 0 Å². The van der Waals surface area contributed by atoms with E-state index in [-0.39, 0.29) is 12.6 Å². The quantitative estimate of drug-likeness (QED) is 0.536. The molecule has 2 unspecified atom stereocenters. The predicted octanol–water partition coefficient (Wildman–Crippen LogP) is 2.26. The van der Waals surface area contributed by atoms with Gasteiger partial charge in [-0.2, -0.15) is 4.21 Å². The third kappa shape index (κ3) is 13.5. The van der Waals surface area contributed by atoms with E-state index >= 15 is 0 Å². The number of nitrogens with two attached hydrogens (primary N) is 1.